The molecule has 1 unspecified atom stereocenters. The van der Waals surface area contributed by atoms with Crippen LogP contribution in [0.25, 0.3) is 11.9 Å². The number of hydrogen-bond acceptors (Lipinski definition) is 6. The largest absolute Gasteiger partial charge is 0.396 e. The van der Waals surface area contributed by atoms with Crippen molar-refractivity contribution in [2.45, 2.75) is 19.4 Å². The van der Waals surface area contributed by atoms with Crippen molar-refractivity contribution in [3.63, 3.8) is 0 Å². The molecule has 5 nitrogen and oxygen atoms in total. The number of nitrogens with one attached hydrogen (secondary N) is 1. The van der Waals surface area contributed by atoms with E-state index in [2.05, 4.69) is 40.1 Å². The second-order valence-electron chi connectivity index (χ2n) is 6.88. The summed E-state index contributed by atoms with van der Waals surface area (Å²) in [6.07, 6.45) is 3.98. The lowest BCUT2D eigenvalue weighted by atomic mass is 10.1. The average molecular weight is 447 g/mol. The van der Waals surface area contributed by atoms with Gasteiger partial charge in [0.1, 0.15) is 10.8 Å². The summed E-state index contributed by atoms with van der Waals surface area (Å²) in [5, 5.41) is 14.9. The number of likely N-dealkylation sites (N-methyl/N-ethyl adjacent to an activating group) is 1. The molecule has 0 amide bonds. The van der Waals surface area contributed by atoms with E-state index in [-0.39, 0.29) is 43.3 Å². The van der Waals surface area contributed by atoms with Gasteiger partial charge in [-0.25, -0.2) is 4.39 Å². The fourth-order valence-corrected chi connectivity index (χ4v) is 4.65. The Morgan fingerprint density at radius 1 is 1.36 bits per heavy atom. The van der Waals surface area contributed by atoms with Crippen LogP contribution in [0.1, 0.15) is 16.9 Å². The van der Waals surface area contributed by atoms with Crippen molar-refractivity contribution < 1.29 is 9.50 Å². The van der Waals surface area contributed by atoms with Crippen LogP contribution in [0, 0.1) is 12.7 Å². The Bertz CT molecular complexity index is 952. The van der Waals surface area contributed by atoms with E-state index < -0.39 is 0 Å². The second-order valence-corrected chi connectivity index (χ2v) is 8.14. The molecule has 4 heterocycles. The quantitative estimate of drug-likeness (QED) is 0.751. The molecule has 2 aromatic rings. The first kappa shape index (κ1) is 22.9. The van der Waals surface area contributed by atoms with Gasteiger partial charge in [-0.05, 0) is 32.5 Å². The summed E-state index contributed by atoms with van der Waals surface area (Å²) in [6, 6.07) is 3.82. The van der Waals surface area contributed by atoms with Crippen molar-refractivity contribution in [2.24, 2.45) is 0 Å². The topological polar surface area (TPSA) is 51.6 Å². The lowest BCUT2D eigenvalue weighted by Gasteiger charge is -2.41. The van der Waals surface area contributed by atoms with E-state index in [1.165, 1.54) is 17.1 Å². The maximum absolute atomic E-state index is 14.5. The second kappa shape index (κ2) is 9.41. The van der Waals surface area contributed by atoms with Crippen molar-refractivity contribution in [2.75, 3.05) is 38.6 Å². The van der Waals surface area contributed by atoms with Gasteiger partial charge in [-0.1, -0.05) is 0 Å². The highest BCUT2D eigenvalue weighted by molar-refractivity contribution is 7.16. The van der Waals surface area contributed by atoms with Crippen LogP contribution in [0.2, 0.25) is 0 Å². The number of aromatic nitrogens is 1. The van der Waals surface area contributed by atoms with E-state index in [1.54, 1.807) is 17.5 Å². The molecule has 4 rings (SSSR count). The number of fused-ring (bicyclic) bond motifs is 2. The number of aliphatic hydroxyl groups excluding tert-OH is 1. The molecule has 1 fully saturated rings. The van der Waals surface area contributed by atoms with Crippen molar-refractivity contribution in [3.8, 4) is 0 Å². The highest BCUT2D eigenvalue weighted by Gasteiger charge is 2.29. The van der Waals surface area contributed by atoms with Gasteiger partial charge in [0.15, 0.2) is 0 Å². The highest BCUT2D eigenvalue weighted by Crippen LogP contribution is 2.34. The van der Waals surface area contributed by atoms with Crippen LogP contribution in [0.3, 0.4) is 0 Å². The van der Waals surface area contributed by atoms with Crippen LogP contribution in [0.4, 0.5) is 9.39 Å². The maximum Gasteiger partial charge on any atom is 0.135 e. The fraction of sp³-hybridized carbons (Fsp3) is 0.421. The van der Waals surface area contributed by atoms with Crippen molar-refractivity contribution in [3.05, 3.63) is 45.2 Å². The molecule has 2 N–H and O–H groups in total. The zero-order valence-electron chi connectivity index (χ0n) is 15.8. The van der Waals surface area contributed by atoms with Gasteiger partial charge in [0.05, 0.1) is 16.3 Å². The number of aliphatic hydroxyl groups is 1. The van der Waals surface area contributed by atoms with Crippen LogP contribution in [-0.2, 0) is 0 Å². The fourth-order valence-electron chi connectivity index (χ4n) is 3.77. The smallest absolute Gasteiger partial charge is 0.135 e. The minimum atomic E-state index is -0.270. The summed E-state index contributed by atoms with van der Waals surface area (Å²) < 4.78 is 14.5. The molecular formula is C19H25Cl2FN4OS. The molecule has 0 radical (unpaired) electrons. The number of rotatable bonds is 3. The van der Waals surface area contributed by atoms with E-state index in [0.717, 1.165) is 42.3 Å². The normalized spacial score (nSPS) is 18.6. The number of piperazine rings is 1. The Kier molecular flexibility index (Phi) is 7.70. The molecule has 0 aliphatic carbocycles. The molecule has 2 aliphatic rings. The van der Waals surface area contributed by atoms with Crippen molar-refractivity contribution in [1.29, 1.82) is 0 Å². The minimum Gasteiger partial charge on any atom is -0.396 e. The third kappa shape index (κ3) is 4.14. The number of halogens is 3. The van der Waals surface area contributed by atoms with Gasteiger partial charge in [-0.3, -0.25) is 9.88 Å². The third-order valence-electron chi connectivity index (χ3n) is 5.17. The Labute approximate surface area is 180 Å². The molecule has 0 spiro atoms. The Balaban J connectivity index is 0.00000140. The Morgan fingerprint density at radius 3 is 2.89 bits per heavy atom. The molecule has 0 bridgehead atoms. The average Bonchev–Trinajstić information content (AvgIpc) is 2.90. The molecular weight excluding hydrogens is 422 g/mol. The summed E-state index contributed by atoms with van der Waals surface area (Å²) in [7, 11) is 2.09. The van der Waals surface area contributed by atoms with E-state index in [0.29, 0.717) is 10.6 Å². The van der Waals surface area contributed by atoms with Gasteiger partial charge in [-0.15, -0.1) is 36.2 Å². The summed E-state index contributed by atoms with van der Waals surface area (Å²) >= 11 is 1.67. The van der Waals surface area contributed by atoms with Crippen molar-refractivity contribution in [1.82, 2.24) is 14.8 Å². The van der Waals surface area contributed by atoms with E-state index in [1.807, 2.05) is 0 Å². The van der Waals surface area contributed by atoms with Gasteiger partial charge in [-0.2, -0.15) is 0 Å². The number of nitrogens with zero attached hydrogens (tertiary/aromatic N) is 3. The molecule has 1 atom stereocenters. The lowest BCUT2D eigenvalue weighted by Crippen LogP contribution is -2.52. The lowest BCUT2D eigenvalue weighted by molar-refractivity contribution is 0.110. The summed E-state index contributed by atoms with van der Waals surface area (Å²) in [6.45, 7) is 4.78. The summed E-state index contributed by atoms with van der Waals surface area (Å²) in [5.41, 5.74) is 2.06. The first-order valence-electron chi connectivity index (χ1n) is 8.87. The molecule has 2 aromatic heterocycles. The van der Waals surface area contributed by atoms with Crippen LogP contribution < -0.4 is 15.9 Å². The molecule has 0 aromatic carbocycles. The van der Waals surface area contributed by atoms with E-state index in [4.69, 9.17) is 0 Å². The van der Waals surface area contributed by atoms with Crippen LogP contribution >= 0.6 is 36.2 Å². The van der Waals surface area contributed by atoms with Gasteiger partial charge in [0, 0.05) is 55.1 Å². The molecule has 2 aliphatic heterocycles. The predicted octanol–water partition coefficient (Wildman–Crippen LogP) is 1.75. The van der Waals surface area contributed by atoms with Gasteiger partial charge in [0.2, 0.25) is 0 Å². The molecule has 1 saturated heterocycles. The number of hydrogen-bond donors (Lipinski definition) is 2. The molecule has 154 valence electrons. The van der Waals surface area contributed by atoms with E-state index in [9.17, 15) is 9.50 Å². The van der Waals surface area contributed by atoms with Gasteiger partial charge >= 0.3 is 0 Å². The number of aryl methyl sites for hydroxylation is 1. The van der Waals surface area contributed by atoms with Gasteiger partial charge < -0.3 is 15.3 Å². The number of thiophene rings is 1. The number of anilines is 1. The van der Waals surface area contributed by atoms with E-state index >= 15 is 0 Å². The maximum atomic E-state index is 14.5. The molecule has 9 heteroatoms. The Hall–Kier alpha value is -1.38. The monoisotopic (exact) mass is 446 g/mol. The highest BCUT2D eigenvalue weighted by atomic mass is 35.5. The van der Waals surface area contributed by atoms with Crippen LogP contribution in [-0.4, -0.2) is 59.2 Å². The third-order valence-corrected chi connectivity index (χ3v) is 6.16. The van der Waals surface area contributed by atoms with Crippen molar-refractivity contribution >= 4 is 53.0 Å². The number of pyridine rings is 1. The van der Waals surface area contributed by atoms with Gasteiger partial charge in [0.25, 0.3) is 0 Å². The SMILES string of the molecule is Cc1cc2c(s1)NC=c1c(F)ccnc1=C2N1CCN(C)C(CCO)C1.Cl.Cl. The summed E-state index contributed by atoms with van der Waals surface area (Å²) in [5.74, 6) is -0.270. The van der Waals surface area contributed by atoms with Crippen LogP contribution in [0.15, 0.2) is 18.3 Å². The predicted molar refractivity (Wildman–Crippen MR) is 117 cm³/mol. The minimum absolute atomic E-state index is 0. The zero-order chi connectivity index (χ0) is 18.3. The first-order chi connectivity index (χ1) is 12.6. The molecule has 0 saturated carbocycles. The first-order valence-corrected chi connectivity index (χ1v) is 9.68. The van der Waals surface area contributed by atoms with Crippen LogP contribution in [0.5, 0.6) is 0 Å². The standard InChI is InChI=1S/C19H23FN4OS.2ClH/c1-12-9-14-18(24-7-6-23(2)13(11-24)4-8-25)17-15(10-22-19(14)26-12)16(20)3-5-21-17;;/h3,5,9-10,13,22,25H,4,6-8,11H2,1-2H3;2*1H. The molecule has 28 heavy (non-hydrogen) atoms. The Morgan fingerprint density at radius 2 is 2.14 bits per heavy atom. The summed E-state index contributed by atoms with van der Waals surface area (Å²) in [4.78, 5) is 10.3. The zero-order valence-corrected chi connectivity index (χ0v) is 18.3.